The van der Waals surface area contributed by atoms with Crippen LogP contribution in [0.2, 0.25) is 15.1 Å². The molecule has 0 spiro atoms. The number of hydrogen-bond donors (Lipinski definition) is 1. The highest BCUT2D eigenvalue weighted by Gasteiger charge is 2.33. The van der Waals surface area contributed by atoms with Crippen molar-refractivity contribution < 1.29 is 22.4 Å². The SMILES string of the molecule is CCC(C)NC(=O)C(CC)N(Cc1c(Cl)cccc1Cl)C(=O)CN(c1ccc(F)c(Cl)c1)S(C)(=O)=O. The summed E-state index contributed by atoms with van der Waals surface area (Å²) in [5.74, 6) is -1.80. The van der Waals surface area contributed by atoms with Crippen LogP contribution < -0.4 is 9.62 Å². The third-order valence-electron chi connectivity index (χ3n) is 5.65. The molecule has 12 heteroatoms. The summed E-state index contributed by atoms with van der Waals surface area (Å²) in [6.45, 7) is 4.70. The summed E-state index contributed by atoms with van der Waals surface area (Å²) >= 11 is 18.5. The first-order chi connectivity index (χ1) is 16.8. The summed E-state index contributed by atoms with van der Waals surface area (Å²) in [5.41, 5.74) is 0.421. The Morgan fingerprint density at radius 3 is 2.14 bits per heavy atom. The second-order valence-corrected chi connectivity index (χ2v) is 11.5. The summed E-state index contributed by atoms with van der Waals surface area (Å²) in [4.78, 5) is 28.0. The number of carbonyl (C=O) groups is 2. The zero-order valence-electron chi connectivity index (χ0n) is 20.4. The van der Waals surface area contributed by atoms with Crippen LogP contribution in [-0.4, -0.2) is 50.0 Å². The molecule has 198 valence electrons. The maximum absolute atomic E-state index is 13.7. The predicted octanol–water partition coefficient (Wildman–Crippen LogP) is 5.27. The van der Waals surface area contributed by atoms with Crippen LogP contribution in [-0.2, 0) is 26.2 Å². The highest BCUT2D eigenvalue weighted by atomic mass is 35.5. The molecule has 0 saturated carbocycles. The summed E-state index contributed by atoms with van der Waals surface area (Å²) in [6, 6.07) is 7.13. The van der Waals surface area contributed by atoms with Crippen molar-refractivity contribution in [1.29, 1.82) is 0 Å². The Balaban J connectivity index is 2.52. The molecule has 2 unspecified atom stereocenters. The molecule has 0 aliphatic heterocycles. The van der Waals surface area contributed by atoms with Crippen LogP contribution in [0.15, 0.2) is 36.4 Å². The first-order valence-corrected chi connectivity index (χ1v) is 14.2. The molecule has 36 heavy (non-hydrogen) atoms. The molecule has 0 heterocycles. The van der Waals surface area contributed by atoms with Crippen molar-refractivity contribution >= 4 is 62.3 Å². The van der Waals surface area contributed by atoms with Crippen molar-refractivity contribution in [3.05, 3.63) is 62.8 Å². The van der Waals surface area contributed by atoms with Gasteiger partial charge in [0.05, 0.1) is 17.0 Å². The first kappa shape index (κ1) is 30.2. The quantitative estimate of drug-likeness (QED) is 0.392. The molecule has 2 atom stereocenters. The van der Waals surface area contributed by atoms with Gasteiger partial charge in [-0.2, -0.15) is 0 Å². The fourth-order valence-corrected chi connectivity index (χ4v) is 5.00. The minimum Gasteiger partial charge on any atom is -0.352 e. The zero-order chi connectivity index (χ0) is 27.2. The Morgan fingerprint density at radius 2 is 1.64 bits per heavy atom. The molecule has 0 bridgehead atoms. The maximum atomic E-state index is 13.7. The van der Waals surface area contributed by atoms with Crippen molar-refractivity contribution in [1.82, 2.24) is 10.2 Å². The van der Waals surface area contributed by atoms with E-state index in [1.807, 2.05) is 13.8 Å². The Kier molecular flexibility index (Phi) is 10.8. The van der Waals surface area contributed by atoms with E-state index in [9.17, 15) is 22.4 Å². The third kappa shape index (κ3) is 7.71. The number of amides is 2. The van der Waals surface area contributed by atoms with E-state index in [4.69, 9.17) is 34.8 Å². The molecule has 0 aliphatic carbocycles. The number of hydrogen-bond acceptors (Lipinski definition) is 4. The smallest absolute Gasteiger partial charge is 0.244 e. The highest BCUT2D eigenvalue weighted by Crippen LogP contribution is 2.28. The number of sulfonamides is 1. The van der Waals surface area contributed by atoms with Gasteiger partial charge in [-0.25, -0.2) is 12.8 Å². The van der Waals surface area contributed by atoms with Crippen LogP contribution in [0.25, 0.3) is 0 Å². The lowest BCUT2D eigenvalue weighted by atomic mass is 10.1. The summed E-state index contributed by atoms with van der Waals surface area (Å²) in [6.07, 6.45) is 1.84. The van der Waals surface area contributed by atoms with Gasteiger partial charge in [-0.1, -0.05) is 54.7 Å². The molecule has 1 N–H and O–H groups in total. The van der Waals surface area contributed by atoms with Crippen molar-refractivity contribution in [2.75, 3.05) is 17.1 Å². The Morgan fingerprint density at radius 1 is 1.03 bits per heavy atom. The van der Waals surface area contributed by atoms with E-state index in [2.05, 4.69) is 5.32 Å². The molecular formula is C24H29Cl3FN3O4S. The van der Waals surface area contributed by atoms with Crippen LogP contribution >= 0.6 is 34.8 Å². The fourth-order valence-electron chi connectivity index (χ4n) is 3.47. The Hall–Kier alpha value is -2.07. The van der Waals surface area contributed by atoms with Crippen molar-refractivity contribution in [3.8, 4) is 0 Å². The van der Waals surface area contributed by atoms with Gasteiger partial charge in [0.2, 0.25) is 21.8 Å². The number of rotatable bonds is 11. The van der Waals surface area contributed by atoms with Gasteiger partial charge in [0.15, 0.2) is 0 Å². The normalized spacial score (nSPS) is 13.1. The predicted molar refractivity (Wildman–Crippen MR) is 143 cm³/mol. The first-order valence-electron chi connectivity index (χ1n) is 11.3. The van der Waals surface area contributed by atoms with Crippen molar-refractivity contribution in [2.24, 2.45) is 0 Å². The molecule has 0 radical (unpaired) electrons. The number of halogens is 4. The van der Waals surface area contributed by atoms with Gasteiger partial charge < -0.3 is 10.2 Å². The van der Waals surface area contributed by atoms with Crippen LogP contribution in [0.5, 0.6) is 0 Å². The lowest BCUT2D eigenvalue weighted by Gasteiger charge is -2.33. The largest absolute Gasteiger partial charge is 0.352 e. The van der Waals surface area contributed by atoms with Crippen LogP contribution in [0.3, 0.4) is 0 Å². The summed E-state index contributed by atoms with van der Waals surface area (Å²) in [5, 5.41) is 3.16. The summed E-state index contributed by atoms with van der Waals surface area (Å²) < 4.78 is 39.7. The molecule has 2 rings (SSSR count). The van der Waals surface area contributed by atoms with E-state index in [-0.39, 0.29) is 35.6 Å². The molecule has 7 nitrogen and oxygen atoms in total. The maximum Gasteiger partial charge on any atom is 0.244 e. The van der Waals surface area contributed by atoms with E-state index in [0.717, 1.165) is 22.7 Å². The van der Waals surface area contributed by atoms with Gasteiger partial charge in [-0.05, 0) is 50.1 Å². The number of benzene rings is 2. The molecule has 0 saturated heterocycles. The number of nitrogens with one attached hydrogen (secondary N) is 1. The van der Waals surface area contributed by atoms with Crippen LogP contribution in [0.1, 0.15) is 39.2 Å². The second kappa shape index (κ2) is 12.9. The molecule has 2 amide bonds. The average molecular weight is 581 g/mol. The van der Waals surface area contributed by atoms with E-state index in [1.54, 1.807) is 25.1 Å². The van der Waals surface area contributed by atoms with Gasteiger partial charge in [-0.3, -0.25) is 13.9 Å². The molecular weight excluding hydrogens is 552 g/mol. The second-order valence-electron chi connectivity index (χ2n) is 8.33. The molecule has 0 fully saturated rings. The van der Waals surface area contributed by atoms with Crippen LogP contribution in [0.4, 0.5) is 10.1 Å². The zero-order valence-corrected chi connectivity index (χ0v) is 23.5. The van der Waals surface area contributed by atoms with E-state index in [1.165, 1.54) is 11.0 Å². The molecule has 2 aromatic rings. The van der Waals surface area contributed by atoms with Gasteiger partial charge in [0.1, 0.15) is 18.4 Å². The third-order valence-corrected chi connectivity index (χ3v) is 7.79. The monoisotopic (exact) mass is 579 g/mol. The Labute approximate surface area is 226 Å². The van der Waals surface area contributed by atoms with E-state index < -0.39 is 34.3 Å². The van der Waals surface area contributed by atoms with Crippen molar-refractivity contribution in [2.45, 2.75) is 52.2 Å². The summed E-state index contributed by atoms with van der Waals surface area (Å²) in [7, 11) is -3.99. The fraction of sp³-hybridized carbons (Fsp3) is 0.417. The molecule has 2 aromatic carbocycles. The van der Waals surface area contributed by atoms with Crippen molar-refractivity contribution in [3.63, 3.8) is 0 Å². The molecule has 0 aromatic heterocycles. The Bertz CT molecular complexity index is 1190. The number of nitrogens with zero attached hydrogens (tertiary/aromatic N) is 2. The number of anilines is 1. The van der Waals surface area contributed by atoms with Gasteiger partial charge >= 0.3 is 0 Å². The highest BCUT2D eigenvalue weighted by molar-refractivity contribution is 7.92. The topological polar surface area (TPSA) is 86.8 Å². The minimum absolute atomic E-state index is 0.00470. The van der Waals surface area contributed by atoms with Gasteiger partial charge in [0.25, 0.3) is 0 Å². The molecule has 0 aliphatic rings. The standard InChI is InChI=1S/C24H29Cl3FN3O4S/c1-5-15(3)29-24(33)22(6-2)30(13-17-18(25)8-7-9-19(17)26)23(32)14-31(36(4,34)35)16-10-11-21(28)20(27)12-16/h7-12,15,22H,5-6,13-14H2,1-4H3,(H,29,33). The number of carbonyl (C=O) groups excluding carboxylic acids is 2. The van der Waals surface area contributed by atoms with E-state index in [0.29, 0.717) is 22.0 Å². The lowest BCUT2D eigenvalue weighted by molar-refractivity contribution is -0.140. The van der Waals surface area contributed by atoms with E-state index >= 15 is 0 Å². The lowest BCUT2D eigenvalue weighted by Crippen LogP contribution is -2.53. The minimum atomic E-state index is -3.99. The van der Waals surface area contributed by atoms with Gasteiger partial charge in [-0.15, -0.1) is 0 Å². The van der Waals surface area contributed by atoms with Crippen LogP contribution in [0, 0.1) is 5.82 Å². The average Bonchev–Trinajstić information content (AvgIpc) is 2.80. The van der Waals surface area contributed by atoms with Gasteiger partial charge in [0, 0.05) is 28.2 Å².